The van der Waals surface area contributed by atoms with Crippen LogP contribution < -0.4 is 5.32 Å². The Morgan fingerprint density at radius 3 is 2.79 bits per heavy atom. The molecule has 1 aromatic heterocycles. The number of carbonyl (C=O) groups excluding carboxylic acids is 1. The molecule has 100 valence electrons. The van der Waals surface area contributed by atoms with Crippen molar-refractivity contribution < 1.29 is 13.6 Å². The summed E-state index contributed by atoms with van der Waals surface area (Å²) in [7, 11) is 0. The number of nitrogens with zero attached hydrogens (tertiary/aromatic N) is 2. The predicted molar refractivity (Wildman–Crippen MR) is 69.1 cm³/mol. The molecule has 0 bridgehead atoms. The minimum absolute atomic E-state index is 0.0889. The van der Waals surface area contributed by atoms with Crippen molar-refractivity contribution in [3.8, 4) is 11.5 Å². The molecule has 0 spiro atoms. The first-order valence-corrected chi connectivity index (χ1v) is 6.66. The number of hydrogen-bond donors (Lipinski definition) is 1. The molecule has 1 amide bonds. The topological polar surface area (TPSA) is 68.0 Å². The second kappa shape index (κ2) is 6.33. The highest BCUT2D eigenvalue weighted by Crippen LogP contribution is 2.23. The predicted octanol–water partition coefficient (Wildman–Crippen LogP) is 2.10. The van der Waals surface area contributed by atoms with Crippen molar-refractivity contribution in [1.29, 1.82) is 0 Å². The zero-order chi connectivity index (χ0) is 13.7. The van der Waals surface area contributed by atoms with Crippen LogP contribution in [0.1, 0.15) is 6.92 Å². The molecule has 0 aliphatic rings. The van der Waals surface area contributed by atoms with Crippen molar-refractivity contribution >= 4 is 17.7 Å². The van der Waals surface area contributed by atoms with Gasteiger partial charge in [-0.05, 0) is 31.2 Å². The van der Waals surface area contributed by atoms with E-state index in [1.807, 2.05) is 6.92 Å². The molecular weight excluding hydrogens is 269 g/mol. The first kappa shape index (κ1) is 13.5. The zero-order valence-corrected chi connectivity index (χ0v) is 11.0. The van der Waals surface area contributed by atoms with Crippen LogP contribution in [-0.2, 0) is 4.79 Å². The van der Waals surface area contributed by atoms with Crippen molar-refractivity contribution in [3.63, 3.8) is 0 Å². The first-order valence-electron chi connectivity index (χ1n) is 5.68. The van der Waals surface area contributed by atoms with Gasteiger partial charge in [0.25, 0.3) is 5.22 Å². The van der Waals surface area contributed by atoms with Crippen LogP contribution in [0.3, 0.4) is 0 Å². The molecule has 19 heavy (non-hydrogen) atoms. The van der Waals surface area contributed by atoms with Gasteiger partial charge in [-0.2, -0.15) is 0 Å². The van der Waals surface area contributed by atoms with Crippen LogP contribution in [0, 0.1) is 5.82 Å². The molecule has 5 nitrogen and oxygen atoms in total. The van der Waals surface area contributed by atoms with Crippen LogP contribution in [0.2, 0.25) is 0 Å². The van der Waals surface area contributed by atoms with E-state index >= 15 is 0 Å². The van der Waals surface area contributed by atoms with Crippen LogP contribution in [0.25, 0.3) is 11.5 Å². The number of nitrogens with one attached hydrogen (secondary N) is 1. The van der Waals surface area contributed by atoms with E-state index in [-0.39, 0.29) is 17.5 Å². The average molecular weight is 281 g/mol. The van der Waals surface area contributed by atoms with Gasteiger partial charge in [-0.25, -0.2) is 4.39 Å². The van der Waals surface area contributed by atoms with Crippen molar-refractivity contribution in [3.05, 3.63) is 30.1 Å². The maximum Gasteiger partial charge on any atom is 0.277 e. The fraction of sp³-hybridized carbons (Fsp3) is 0.250. The van der Waals surface area contributed by atoms with Crippen molar-refractivity contribution in [1.82, 2.24) is 15.5 Å². The highest BCUT2D eigenvalue weighted by atomic mass is 32.2. The Labute approximate surface area is 113 Å². The smallest absolute Gasteiger partial charge is 0.277 e. The van der Waals surface area contributed by atoms with Gasteiger partial charge in [-0.3, -0.25) is 4.79 Å². The average Bonchev–Trinajstić information content (AvgIpc) is 2.86. The molecule has 0 aliphatic carbocycles. The third-order valence-corrected chi connectivity index (χ3v) is 3.02. The summed E-state index contributed by atoms with van der Waals surface area (Å²) < 4.78 is 18.2. The SMILES string of the molecule is CCNC(=O)CSc1nnc(-c2ccc(F)cc2)o1. The molecule has 2 rings (SSSR count). The standard InChI is InChI=1S/C12H12FN3O2S/c1-2-14-10(17)7-19-12-16-15-11(18-12)8-3-5-9(13)6-4-8/h3-6H,2,7H2,1H3,(H,14,17). The number of thioether (sulfide) groups is 1. The third-order valence-electron chi connectivity index (χ3n) is 2.20. The Morgan fingerprint density at radius 2 is 2.11 bits per heavy atom. The van der Waals surface area contributed by atoms with Crippen LogP contribution in [0.5, 0.6) is 0 Å². The molecule has 1 N–H and O–H groups in total. The molecule has 0 fully saturated rings. The number of amides is 1. The number of rotatable bonds is 5. The lowest BCUT2D eigenvalue weighted by Crippen LogP contribution is -2.24. The lowest BCUT2D eigenvalue weighted by atomic mass is 10.2. The van der Waals surface area contributed by atoms with E-state index < -0.39 is 0 Å². The molecule has 7 heteroatoms. The Morgan fingerprint density at radius 1 is 1.37 bits per heavy atom. The van der Waals surface area contributed by atoms with Crippen LogP contribution >= 0.6 is 11.8 Å². The van der Waals surface area contributed by atoms with Crippen molar-refractivity contribution in [2.75, 3.05) is 12.3 Å². The van der Waals surface area contributed by atoms with Gasteiger partial charge in [0.1, 0.15) is 5.82 Å². The number of carbonyl (C=O) groups is 1. The minimum atomic E-state index is -0.325. The Bertz CT molecular complexity index is 556. The largest absolute Gasteiger partial charge is 0.411 e. The molecule has 1 aromatic carbocycles. The molecule has 0 radical (unpaired) electrons. The van der Waals surface area contributed by atoms with E-state index in [0.29, 0.717) is 23.2 Å². The number of aromatic nitrogens is 2. The monoisotopic (exact) mass is 281 g/mol. The van der Waals surface area contributed by atoms with E-state index in [9.17, 15) is 9.18 Å². The summed E-state index contributed by atoms with van der Waals surface area (Å²) in [6, 6.07) is 5.75. The molecular formula is C12H12FN3O2S. The van der Waals surface area contributed by atoms with Gasteiger partial charge in [0.15, 0.2) is 0 Å². The highest BCUT2D eigenvalue weighted by molar-refractivity contribution is 7.99. The van der Waals surface area contributed by atoms with Gasteiger partial charge in [-0.1, -0.05) is 11.8 Å². The van der Waals surface area contributed by atoms with Gasteiger partial charge in [0, 0.05) is 12.1 Å². The second-order valence-electron chi connectivity index (χ2n) is 3.62. The molecule has 0 aliphatic heterocycles. The van der Waals surface area contributed by atoms with Gasteiger partial charge in [-0.15, -0.1) is 10.2 Å². The third kappa shape index (κ3) is 3.78. The molecule has 0 saturated carbocycles. The Balaban J connectivity index is 1.99. The fourth-order valence-corrected chi connectivity index (χ4v) is 1.95. The van der Waals surface area contributed by atoms with E-state index in [2.05, 4.69) is 15.5 Å². The fourth-order valence-electron chi connectivity index (χ4n) is 1.35. The summed E-state index contributed by atoms with van der Waals surface area (Å²) in [6.07, 6.45) is 0. The molecule has 0 unspecified atom stereocenters. The summed E-state index contributed by atoms with van der Waals surface area (Å²) in [4.78, 5) is 11.3. The second-order valence-corrected chi connectivity index (χ2v) is 4.55. The normalized spacial score (nSPS) is 10.4. The zero-order valence-electron chi connectivity index (χ0n) is 10.2. The summed E-state index contributed by atoms with van der Waals surface area (Å²) in [6.45, 7) is 2.44. The molecule has 0 saturated heterocycles. The lowest BCUT2D eigenvalue weighted by molar-refractivity contribution is -0.118. The summed E-state index contributed by atoms with van der Waals surface area (Å²) in [5.74, 6) is 0.111. The molecule has 1 heterocycles. The quantitative estimate of drug-likeness (QED) is 0.850. The number of hydrogen-bond acceptors (Lipinski definition) is 5. The van der Waals surface area contributed by atoms with Crippen LogP contribution in [0.4, 0.5) is 4.39 Å². The maximum absolute atomic E-state index is 12.8. The maximum atomic E-state index is 12.8. The number of benzene rings is 1. The van der Waals surface area contributed by atoms with Crippen LogP contribution in [0.15, 0.2) is 33.9 Å². The van der Waals surface area contributed by atoms with E-state index in [0.717, 1.165) is 11.8 Å². The summed E-state index contributed by atoms with van der Waals surface area (Å²) in [5.41, 5.74) is 0.638. The van der Waals surface area contributed by atoms with Crippen molar-refractivity contribution in [2.24, 2.45) is 0 Å². The lowest BCUT2D eigenvalue weighted by Gasteiger charge is -1.98. The highest BCUT2D eigenvalue weighted by Gasteiger charge is 2.10. The van der Waals surface area contributed by atoms with Gasteiger partial charge < -0.3 is 9.73 Å². The molecule has 0 atom stereocenters. The van der Waals surface area contributed by atoms with E-state index in [4.69, 9.17) is 4.42 Å². The molecule has 2 aromatic rings. The van der Waals surface area contributed by atoms with Crippen LogP contribution in [-0.4, -0.2) is 28.4 Å². The minimum Gasteiger partial charge on any atom is -0.411 e. The number of halogens is 1. The van der Waals surface area contributed by atoms with Crippen molar-refractivity contribution in [2.45, 2.75) is 12.1 Å². The first-order chi connectivity index (χ1) is 9.19. The van der Waals surface area contributed by atoms with E-state index in [1.54, 1.807) is 12.1 Å². The van der Waals surface area contributed by atoms with Gasteiger partial charge in [0.05, 0.1) is 5.75 Å². The Hall–Kier alpha value is -1.89. The Kier molecular flexibility index (Phi) is 4.51. The van der Waals surface area contributed by atoms with E-state index in [1.165, 1.54) is 12.1 Å². The van der Waals surface area contributed by atoms with Gasteiger partial charge >= 0.3 is 0 Å². The summed E-state index contributed by atoms with van der Waals surface area (Å²) >= 11 is 1.16. The summed E-state index contributed by atoms with van der Waals surface area (Å²) in [5, 5.41) is 10.6. The van der Waals surface area contributed by atoms with Gasteiger partial charge in [0.2, 0.25) is 11.8 Å².